The van der Waals surface area contributed by atoms with E-state index in [9.17, 15) is 9.18 Å². The number of aromatic nitrogens is 3. The first-order chi connectivity index (χ1) is 8.54. The van der Waals surface area contributed by atoms with E-state index in [-0.39, 0.29) is 11.4 Å². The van der Waals surface area contributed by atoms with Crippen LogP contribution in [0.5, 0.6) is 0 Å². The zero-order valence-corrected chi connectivity index (χ0v) is 11.0. The van der Waals surface area contributed by atoms with E-state index in [0.29, 0.717) is 16.6 Å². The molecule has 1 N–H and O–H groups in total. The molecule has 0 atom stereocenters. The lowest BCUT2D eigenvalue weighted by Gasteiger charge is -2.06. The molecule has 0 fully saturated rings. The summed E-state index contributed by atoms with van der Waals surface area (Å²) in [6.07, 6.45) is 0.389. The summed E-state index contributed by atoms with van der Waals surface area (Å²) in [6, 6.07) is 4.36. The van der Waals surface area contributed by atoms with Crippen LogP contribution in [0.4, 0.5) is 4.39 Å². The molecule has 0 aliphatic rings. The Hall–Kier alpha value is -1.76. The van der Waals surface area contributed by atoms with Crippen LogP contribution < -0.4 is 0 Å². The summed E-state index contributed by atoms with van der Waals surface area (Å²) in [6.45, 7) is 1.76. The third kappa shape index (κ3) is 2.13. The second-order valence-electron chi connectivity index (χ2n) is 3.55. The van der Waals surface area contributed by atoms with Crippen molar-refractivity contribution in [3.63, 3.8) is 0 Å². The molecule has 0 saturated carbocycles. The number of aromatic carboxylic acids is 1. The van der Waals surface area contributed by atoms with E-state index in [4.69, 9.17) is 5.11 Å². The first-order valence-electron chi connectivity index (χ1n) is 5.18. The van der Waals surface area contributed by atoms with Crippen molar-refractivity contribution in [2.45, 2.75) is 13.3 Å². The van der Waals surface area contributed by atoms with Gasteiger partial charge in [-0.15, -0.1) is 5.10 Å². The molecule has 94 valence electrons. The number of carbonyl (C=O) groups is 1. The van der Waals surface area contributed by atoms with Crippen molar-refractivity contribution in [2.24, 2.45) is 0 Å². The third-order valence-electron chi connectivity index (χ3n) is 2.44. The Morgan fingerprint density at radius 3 is 2.89 bits per heavy atom. The van der Waals surface area contributed by atoms with E-state index >= 15 is 0 Å². The van der Waals surface area contributed by atoms with Crippen LogP contribution in [0.3, 0.4) is 0 Å². The predicted octanol–water partition coefficient (Wildman–Crippen LogP) is 2.43. The molecule has 18 heavy (non-hydrogen) atoms. The van der Waals surface area contributed by atoms with Crippen molar-refractivity contribution in [2.75, 3.05) is 0 Å². The zero-order valence-electron chi connectivity index (χ0n) is 9.39. The second-order valence-corrected chi connectivity index (χ2v) is 4.47. The molecular formula is C11H9BrFN3O2. The fourth-order valence-electron chi connectivity index (χ4n) is 1.63. The van der Waals surface area contributed by atoms with Crippen LogP contribution in [0.25, 0.3) is 5.69 Å². The van der Waals surface area contributed by atoms with Crippen molar-refractivity contribution < 1.29 is 14.3 Å². The summed E-state index contributed by atoms with van der Waals surface area (Å²) in [5.74, 6) is -1.66. The zero-order chi connectivity index (χ0) is 13.3. The number of halogens is 2. The molecule has 2 aromatic rings. The highest BCUT2D eigenvalue weighted by atomic mass is 79.9. The third-order valence-corrected chi connectivity index (χ3v) is 2.93. The lowest BCUT2D eigenvalue weighted by Crippen LogP contribution is -2.07. The van der Waals surface area contributed by atoms with E-state index in [1.165, 1.54) is 16.8 Å². The van der Waals surface area contributed by atoms with Gasteiger partial charge in [-0.1, -0.05) is 28.1 Å². The van der Waals surface area contributed by atoms with Crippen LogP contribution in [-0.2, 0) is 6.42 Å². The summed E-state index contributed by atoms with van der Waals surface area (Å²) < 4.78 is 15.6. The highest BCUT2D eigenvalue weighted by Gasteiger charge is 2.20. The Bertz CT molecular complexity index is 612. The van der Waals surface area contributed by atoms with Gasteiger partial charge < -0.3 is 5.11 Å². The number of nitrogens with zero attached hydrogens (tertiary/aromatic N) is 3. The van der Waals surface area contributed by atoms with Crippen LogP contribution in [-0.4, -0.2) is 26.1 Å². The largest absolute Gasteiger partial charge is 0.476 e. The molecular weight excluding hydrogens is 305 g/mol. The Morgan fingerprint density at radius 2 is 2.28 bits per heavy atom. The summed E-state index contributed by atoms with van der Waals surface area (Å²) in [5.41, 5.74) is 0.373. The standard InChI is InChI=1S/C11H9BrFN3O2/c1-2-8-10(11(17)18)14-15-16(8)9-5-6(12)3-4-7(9)13/h3-5H,2H2,1H3,(H,17,18). The summed E-state index contributed by atoms with van der Waals surface area (Å²) in [5, 5.41) is 16.2. The Balaban J connectivity index is 2.64. The lowest BCUT2D eigenvalue weighted by molar-refractivity contribution is 0.0689. The highest BCUT2D eigenvalue weighted by Crippen LogP contribution is 2.21. The van der Waals surface area contributed by atoms with Gasteiger partial charge in [-0.05, 0) is 24.6 Å². The quantitative estimate of drug-likeness (QED) is 0.945. The second kappa shape index (κ2) is 4.85. The smallest absolute Gasteiger partial charge is 0.358 e. The maximum Gasteiger partial charge on any atom is 0.358 e. The maximum atomic E-state index is 13.7. The SMILES string of the molecule is CCc1c(C(=O)O)nnn1-c1cc(Br)ccc1F. The van der Waals surface area contributed by atoms with Gasteiger partial charge in [0.1, 0.15) is 11.5 Å². The fourth-order valence-corrected chi connectivity index (χ4v) is 1.98. The maximum absolute atomic E-state index is 13.7. The van der Waals surface area contributed by atoms with Crippen LogP contribution in [0.2, 0.25) is 0 Å². The van der Waals surface area contributed by atoms with Crippen LogP contribution in [0.1, 0.15) is 23.1 Å². The van der Waals surface area contributed by atoms with Gasteiger partial charge in [0.25, 0.3) is 0 Å². The average Bonchev–Trinajstić information content (AvgIpc) is 2.75. The first kappa shape index (κ1) is 12.7. The van der Waals surface area contributed by atoms with Crippen molar-refractivity contribution in [1.82, 2.24) is 15.0 Å². The molecule has 1 heterocycles. The van der Waals surface area contributed by atoms with E-state index in [0.717, 1.165) is 0 Å². The minimum Gasteiger partial charge on any atom is -0.476 e. The molecule has 0 aliphatic carbocycles. The molecule has 1 aromatic carbocycles. The van der Waals surface area contributed by atoms with Crippen molar-refractivity contribution in [1.29, 1.82) is 0 Å². The van der Waals surface area contributed by atoms with Gasteiger partial charge in [-0.25, -0.2) is 13.9 Å². The summed E-state index contributed by atoms with van der Waals surface area (Å²) in [7, 11) is 0. The van der Waals surface area contributed by atoms with E-state index in [1.807, 2.05) is 0 Å². The van der Waals surface area contributed by atoms with Gasteiger partial charge in [0.05, 0.1) is 5.69 Å². The van der Waals surface area contributed by atoms with E-state index in [1.54, 1.807) is 13.0 Å². The number of benzene rings is 1. The van der Waals surface area contributed by atoms with Gasteiger partial charge in [0.15, 0.2) is 5.69 Å². The molecule has 0 amide bonds. The topological polar surface area (TPSA) is 68.0 Å². The van der Waals surface area contributed by atoms with E-state index in [2.05, 4.69) is 26.2 Å². The Morgan fingerprint density at radius 1 is 1.56 bits per heavy atom. The van der Waals surface area contributed by atoms with Gasteiger partial charge in [-0.2, -0.15) is 0 Å². The van der Waals surface area contributed by atoms with Crippen molar-refractivity contribution in [3.8, 4) is 5.69 Å². The van der Waals surface area contributed by atoms with Crippen LogP contribution in [0, 0.1) is 5.82 Å². The Labute approximate surface area is 110 Å². The molecule has 1 aromatic heterocycles. The van der Waals surface area contributed by atoms with Crippen molar-refractivity contribution in [3.05, 3.63) is 39.9 Å². The number of carboxylic acids is 1. The average molecular weight is 314 g/mol. The molecule has 0 bridgehead atoms. The first-order valence-corrected chi connectivity index (χ1v) is 5.97. The van der Waals surface area contributed by atoms with Gasteiger partial charge >= 0.3 is 5.97 Å². The fraction of sp³-hybridized carbons (Fsp3) is 0.182. The molecule has 0 unspecified atom stereocenters. The van der Waals surface area contributed by atoms with Gasteiger partial charge in [0.2, 0.25) is 0 Å². The monoisotopic (exact) mass is 313 g/mol. The number of rotatable bonds is 3. The molecule has 5 nitrogen and oxygen atoms in total. The number of hydrogen-bond donors (Lipinski definition) is 1. The summed E-state index contributed by atoms with van der Waals surface area (Å²) >= 11 is 3.23. The lowest BCUT2D eigenvalue weighted by atomic mass is 10.2. The van der Waals surface area contributed by atoms with Crippen molar-refractivity contribution >= 4 is 21.9 Å². The van der Waals surface area contributed by atoms with Crippen LogP contribution >= 0.6 is 15.9 Å². The summed E-state index contributed by atoms with van der Waals surface area (Å²) in [4.78, 5) is 11.0. The van der Waals surface area contributed by atoms with Crippen LogP contribution in [0.15, 0.2) is 22.7 Å². The van der Waals surface area contributed by atoms with E-state index < -0.39 is 11.8 Å². The predicted molar refractivity (Wildman–Crippen MR) is 65.4 cm³/mol. The minimum absolute atomic E-state index is 0.156. The molecule has 0 aliphatic heterocycles. The number of hydrogen-bond acceptors (Lipinski definition) is 3. The highest BCUT2D eigenvalue weighted by molar-refractivity contribution is 9.10. The minimum atomic E-state index is -1.17. The molecule has 7 heteroatoms. The van der Waals surface area contributed by atoms with Gasteiger partial charge in [-0.3, -0.25) is 0 Å². The molecule has 0 radical (unpaired) electrons. The molecule has 2 rings (SSSR count). The number of carboxylic acid groups (broad SMARTS) is 1. The molecule has 0 saturated heterocycles. The normalized spacial score (nSPS) is 10.6. The van der Waals surface area contributed by atoms with Gasteiger partial charge in [0, 0.05) is 4.47 Å². The molecule has 0 spiro atoms. The Kier molecular flexibility index (Phi) is 3.42.